The average Bonchev–Trinajstić information content (AvgIpc) is 2.48. The van der Waals surface area contributed by atoms with Crippen LogP contribution in [0.3, 0.4) is 0 Å². The van der Waals surface area contributed by atoms with Crippen molar-refractivity contribution in [2.24, 2.45) is 0 Å². The number of rotatable bonds is 12. The van der Waals surface area contributed by atoms with Gasteiger partial charge in [-0.3, -0.25) is 0 Å². The molecule has 0 fully saturated rings. The first kappa shape index (κ1) is 18.8. The molecule has 1 N–H and O–H groups in total. The highest BCUT2D eigenvalue weighted by Gasteiger charge is 2.18. The molecule has 0 bridgehead atoms. The number of carboxylic acids is 1. The Kier molecular flexibility index (Phi) is 9.72. The standard InChI is InChI=1S/C18H27ClO3/c1-2-3-4-5-6-7-8-9-13-17(18(20)21)22-16-12-10-11-15(19)14-16/h10-12,14,17H,2-9,13H2,1H3,(H,20,21). The second kappa shape index (κ2) is 11.4. The highest BCUT2D eigenvalue weighted by molar-refractivity contribution is 6.30. The van der Waals surface area contributed by atoms with Gasteiger partial charge in [0, 0.05) is 5.02 Å². The normalized spacial score (nSPS) is 12.1. The SMILES string of the molecule is CCCCCCCCCCC(Oc1cccc(Cl)c1)C(=O)O. The molecule has 1 atom stereocenters. The number of carboxylic acid groups (broad SMARTS) is 1. The Balaban J connectivity index is 2.23. The molecule has 0 aliphatic carbocycles. The number of halogens is 1. The highest BCUT2D eigenvalue weighted by Crippen LogP contribution is 2.20. The van der Waals surface area contributed by atoms with Gasteiger partial charge in [0.15, 0.2) is 6.10 Å². The Labute approximate surface area is 138 Å². The van der Waals surface area contributed by atoms with Gasteiger partial charge in [-0.1, -0.05) is 69.5 Å². The molecule has 0 heterocycles. The molecule has 0 saturated heterocycles. The summed E-state index contributed by atoms with van der Waals surface area (Å²) in [5.74, 6) is -0.401. The van der Waals surface area contributed by atoms with Crippen LogP contribution in [0.5, 0.6) is 5.75 Å². The molecular weight excluding hydrogens is 300 g/mol. The fourth-order valence-corrected chi connectivity index (χ4v) is 2.58. The lowest BCUT2D eigenvalue weighted by Gasteiger charge is -2.15. The first-order valence-electron chi connectivity index (χ1n) is 8.28. The van der Waals surface area contributed by atoms with Crippen molar-refractivity contribution in [1.29, 1.82) is 0 Å². The average molecular weight is 327 g/mol. The first-order valence-corrected chi connectivity index (χ1v) is 8.66. The van der Waals surface area contributed by atoms with E-state index in [1.165, 1.54) is 38.5 Å². The smallest absolute Gasteiger partial charge is 0.344 e. The largest absolute Gasteiger partial charge is 0.479 e. The van der Waals surface area contributed by atoms with Gasteiger partial charge in [-0.15, -0.1) is 0 Å². The van der Waals surface area contributed by atoms with Crippen molar-refractivity contribution < 1.29 is 14.6 Å². The van der Waals surface area contributed by atoms with Crippen molar-refractivity contribution >= 4 is 17.6 Å². The van der Waals surface area contributed by atoms with Crippen LogP contribution in [0.1, 0.15) is 64.7 Å². The maximum Gasteiger partial charge on any atom is 0.344 e. The van der Waals surface area contributed by atoms with Gasteiger partial charge in [0.1, 0.15) is 5.75 Å². The zero-order valence-corrected chi connectivity index (χ0v) is 14.1. The third kappa shape index (κ3) is 8.28. The molecule has 1 unspecified atom stereocenters. The van der Waals surface area contributed by atoms with E-state index in [1.54, 1.807) is 24.3 Å². The Bertz CT molecular complexity index is 434. The fraction of sp³-hybridized carbons (Fsp3) is 0.611. The topological polar surface area (TPSA) is 46.5 Å². The van der Waals surface area contributed by atoms with E-state index in [1.807, 2.05) is 0 Å². The Morgan fingerprint density at radius 2 is 1.77 bits per heavy atom. The van der Waals surface area contributed by atoms with Crippen molar-refractivity contribution in [2.75, 3.05) is 0 Å². The van der Waals surface area contributed by atoms with E-state index < -0.39 is 12.1 Å². The summed E-state index contributed by atoms with van der Waals surface area (Å²) in [6, 6.07) is 6.87. The molecule has 0 aromatic heterocycles. The van der Waals surface area contributed by atoms with E-state index in [9.17, 15) is 9.90 Å². The van der Waals surface area contributed by atoms with Crippen molar-refractivity contribution in [3.05, 3.63) is 29.3 Å². The molecule has 0 radical (unpaired) electrons. The van der Waals surface area contributed by atoms with Crippen LogP contribution in [0.25, 0.3) is 0 Å². The third-order valence-electron chi connectivity index (χ3n) is 3.67. The molecule has 4 heteroatoms. The number of unbranched alkanes of at least 4 members (excludes halogenated alkanes) is 7. The lowest BCUT2D eigenvalue weighted by molar-refractivity contribution is -0.145. The number of hydrogen-bond donors (Lipinski definition) is 1. The Hall–Kier alpha value is -1.22. The van der Waals surface area contributed by atoms with E-state index in [0.29, 0.717) is 17.2 Å². The second-order valence-corrected chi connectivity index (χ2v) is 6.10. The number of benzene rings is 1. The van der Waals surface area contributed by atoms with E-state index >= 15 is 0 Å². The van der Waals surface area contributed by atoms with Crippen molar-refractivity contribution in [3.8, 4) is 5.75 Å². The second-order valence-electron chi connectivity index (χ2n) is 5.67. The van der Waals surface area contributed by atoms with Crippen LogP contribution in [-0.2, 0) is 4.79 Å². The number of aliphatic carboxylic acids is 1. The molecule has 0 saturated carbocycles. The lowest BCUT2D eigenvalue weighted by Crippen LogP contribution is -2.26. The minimum atomic E-state index is -0.914. The quantitative estimate of drug-likeness (QED) is 0.501. The summed E-state index contributed by atoms with van der Waals surface area (Å²) in [6.45, 7) is 2.21. The van der Waals surface area contributed by atoms with Crippen LogP contribution in [-0.4, -0.2) is 17.2 Å². The Morgan fingerprint density at radius 3 is 2.36 bits per heavy atom. The van der Waals surface area contributed by atoms with Crippen LogP contribution in [0, 0.1) is 0 Å². The summed E-state index contributed by atoms with van der Waals surface area (Å²) in [5, 5.41) is 9.80. The number of hydrogen-bond acceptors (Lipinski definition) is 2. The predicted molar refractivity (Wildman–Crippen MR) is 90.7 cm³/mol. The summed E-state index contributed by atoms with van der Waals surface area (Å²) < 4.78 is 5.53. The summed E-state index contributed by atoms with van der Waals surface area (Å²) in [6.07, 6.45) is 9.28. The van der Waals surface area contributed by atoms with Crippen LogP contribution >= 0.6 is 11.6 Å². The Morgan fingerprint density at radius 1 is 1.14 bits per heavy atom. The molecule has 1 rings (SSSR count). The number of ether oxygens (including phenoxy) is 1. The van der Waals surface area contributed by atoms with E-state index in [2.05, 4.69) is 6.92 Å². The van der Waals surface area contributed by atoms with Gasteiger partial charge >= 0.3 is 5.97 Å². The van der Waals surface area contributed by atoms with Crippen LogP contribution in [0.15, 0.2) is 24.3 Å². The molecule has 0 aliphatic rings. The van der Waals surface area contributed by atoms with Gasteiger partial charge < -0.3 is 9.84 Å². The summed E-state index contributed by atoms with van der Waals surface area (Å²) in [7, 11) is 0. The zero-order chi connectivity index (χ0) is 16.2. The van der Waals surface area contributed by atoms with Gasteiger partial charge in [-0.05, 0) is 31.0 Å². The van der Waals surface area contributed by atoms with Gasteiger partial charge in [0.05, 0.1) is 0 Å². The predicted octanol–water partition coefficient (Wildman–Crippen LogP) is 5.70. The monoisotopic (exact) mass is 326 g/mol. The molecule has 1 aromatic rings. The zero-order valence-electron chi connectivity index (χ0n) is 13.4. The van der Waals surface area contributed by atoms with Crippen molar-refractivity contribution in [1.82, 2.24) is 0 Å². The maximum absolute atomic E-state index is 11.3. The van der Waals surface area contributed by atoms with Crippen LogP contribution in [0.4, 0.5) is 0 Å². The molecule has 124 valence electrons. The summed E-state index contributed by atoms with van der Waals surface area (Å²) >= 11 is 5.88. The van der Waals surface area contributed by atoms with Crippen LogP contribution < -0.4 is 4.74 Å². The molecule has 3 nitrogen and oxygen atoms in total. The number of carbonyl (C=O) groups is 1. The van der Waals surface area contributed by atoms with Crippen molar-refractivity contribution in [2.45, 2.75) is 70.8 Å². The van der Waals surface area contributed by atoms with Gasteiger partial charge in [-0.25, -0.2) is 4.79 Å². The highest BCUT2D eigenvalue weighted by atomic mass is 35.5. The first-order chi connectivity index (χ1) is 10.6. The minimum absolute atomic E-state index is 0.513. The molecule has 0 aliphatic heterocycles. The summed E-state index contributed by atoms with van der Waals surface area (Å²) in [4.78, 5) is 11.3. The van der Waals surface area contributed by atoms with Crippen LogP contribution in [0.2, 0.25) is 5.02 Å². The van der Waals surface area contributed by atoms with E-state index in [4.69, 9.17) is 16.3 Å². The van der Waals surface area contributed by atoms with Gasteiger partial charge in [-0.2, -0.15) is 0 Å². The third-order valence-corrected chi connectivity index (χ3v) is 3.90. The molecular formula is C18H27ClO3. The van der Waals surface area contributed by atoms with E-state index in [-0.39, 0.29) is 0 Å². The molecule has 0 spiro atoms. The molecule has 1 aromatic carbocycles. The van der Waals surface area contributed by atoms with Gasteiger partial charge in [0.25, 0.3) is 0 Å². The minimum Gasteiger partial charge on any atom is -0.479 e. The summed E-state index contributed by atoms with van der Waals surface area (Å²) in [5.41, 5.74) is 0. The molecule has 22 heavy (non-hydrogen) atoms. The van der Waals surface area contributed by atoms with Crippen molar-refractivity contribution in [3.63, 3.8) is 0 Å². The maximum atomic E-state index is 11.3. The van der Waals surface area contributed by atoms with E-state index in [0.717, 1.165) is 12.8 Å². The molecule has 0 amide bonds. The fourth-order valence-electron chi connectivity index (χ4n) is 2.40. The van der Waals surface area contributed by atoms with Gasteiger partial charge in [0.2, 0.25) is 0 Å². The lowest BCUT2D eigenvalue weighted by atomic mass is 10.1.